The Hall–Kier alpha value is -2.03. The molecule has 3 nitrogen and oxygen atoms in total. The van der Waals surface area contributed by atoms with Gasteiger partial charge in [-0.05, 0) is 50.8 Å². The minimum Gasteiger partial charge on any atom is -0.466 e. The molecule has 1 aromatic heterocycles. The van der Waals surface area contributed by atoms with Gasteiger partial charge in [-0.3, -0.25) is 4.79 Å². The Bertz CT molecular complexity index is 638. The van der Waals surface area contributed by atoms with Crippen molar-refractivity contribution in [3.05, 3.63) is 52.5 Å². The van der Waals surface area contributed by atoms with Crippen LogP contribution in [-0.2, 0) is 0 Å². The summed E-state index contributed by atoms with van der Waals surface area (Å²) in [5, 5.41) is 2.94. The second-order valence-corrected chi connectivity index (χ2v) is 5.60. The number of hydrogen-bond donors (Lipinski definition) is 1. The maximum atomic E-state index is 12.4. The average molecular weight is 285 g/mol. The Balaban J connectivity index is 2.16. The van der Waals surface area contributed by atoms with Crippen LogP contribution in [0.1, 0.15) is 59.2 Å². The normalized spacial score (nSPS) is 12.2. The Morgan fingerprint density at radius 1 is 1.14 bits per heavy atom. The molecule has 2 aromatic rings. The van der Waals surface area contributed by atoms with E-state index in [0.29, 0.717) is 17.2 Å². The van der Waals surface area contributed by atoms with Crippen LogP contribution < -0.4 is 5.32 Å². The highest BCUT2D eigenvalue weighted by Gasteiger charge is 2.18. The standard InChI is InChI=1S/C18H23NO2/c1-6-11(2)15-7-9-16(10-8-15)19-18(20)17-12(3)13(4)21-14(17)5/h7-11H,6H2,1-5H3,(H,19,20). The Labute approximate surface area is 126 Å². The first kappa shape index (κ1) is 15.4. The van der Waals surface area contributed by atoms with Gasteiger partial charge in [0.1, 0.15) is 11.5 Å². The van der Waals surface area contributed by atoms with Crippen LogP contribution in [0.5, 0.6) is 0 Å². The molecular weight excluding hydrogens is 262 g/mol. The molecule has 112 valence electrons. The van der Waals surface area contributed by atoms with Crippen LogP contribution in [0.25, 0.3) is 0 Å². The van der Waals surface area contributed by atoms with Crippen LogP contribution in [0.3, 0.4) is 0 Å². The first-order valence-electron chi connectivity index (χ1n) is 7.42. The molecule has 0 aliphatic rings. The summed E-state index contributed by atoms with van der Waals surface area (Å²) < 4.78 is 5.51. The van der Waals surface area contributed by atoms with Crippen LogP contribution >= 0.6 is 0 Å². The molecule has 1 aromatic carbocycles. The summed E-state index contributed by atoms with van der Waals surface area (Å²) in [5.41, 5.74) is 3.64. The number of hydrogen-bond acceptors (Lipinski definition) is 2. The molecule has 0 fully saturated rings. The Kier molecular flexibility index (Phi) is 4.51. The number of anilines is 1. The zero-order valence-electron chi connectivity index (χ0n) is 13.4. The zero-order valence-corrected chi connectivity index (χ0v) is 13.4. The van der Waals surface area contributed by atoms with E-state index in [1.54, 1.807) is 0 Å². The van der Waals surface area contributed by atoms with Gasteiger partial charge in [0.25, 0.3) is 5.91 Å². The summed E-state index contributed by atoms with van der Waals surface area (Å²) in [5.74, 6) is 1.89. The quantitative estimate of drug-likeness (QED) is 0.861. The summed E-state index contributed by atoms with van der Waals surface area (Å²) in [6, 6.07) is 8.06. The minimum absolute atomic E-state index is 0.113. The van der Waals surface area contributed by atoms with Crippen LogP contribution in [-0.4, -0.2) is 5.91 Å². The topological polar surface area (TPSA) is 42.2 Å². The number of furan rings is 1. The third kappa shape index (κ3) is 3.18. The number of carbonyl (C=O) groups is 1. The van der Waals surface area contributed by atoms with Gasteiger partial charge < -0.3 is 9.73 Å². The van der Waals surface area contributed by atoms with Gasteiger partial charge >= 0.3 is 0 Å². The number of amides is 1. The smallest absolute Gasteiger partial charge is 0.259 e. The minimum atomic E-state index is -0.113. The van der Waals surface area contributed by atoms with Crippen LogP contribution in [0.2, 0.25) is 0 Å². The van der Waals surface area contributed by atoms with Crippen LogP contribution in [0.15, 0.2) is 28.7 Å². The van der Waals surface area contributed by atoms with Crippen LogP contribution in [0.4, 0.5) is 5.69 Å². The predicted molar refractivity (Wildman–Crippen MR) is 86.0 cm³/mol. The van der Waals surface area contributed by atoms with Gasteiger partial charge in [0, 0.05) is 11.3 Å². The molecule has 1 N–H and O–H groups in total. The van der Waals surface area contributed by atoms with Gasteiger partial charge in [-0.25, -0.2) is 0 Å². The third-order valence-electron chi connectivity index (χ3n) is 4.14. The fraction of sp³-hybridized carbons (Fsp3) is 0.389. The lowest BCUT2D eigenvalue weighted by Crippen LogP contribution is -2.13. The van der Waals surface area contributed by atoms with Crippen LogP contribution in [0, 0.1) is 20.8 Å². The molecule has 0 spiro atoms. The van der Waals surface area contributed by atoms with Crippen molar-refractivity contribution in [1.82, 2.24) is 0 Å². The van der Waals surface area contributed by atoms with Gasteiger partial charge in [0.15, 0.2) is 0 Å². The summed E-state index contributed by atoms with van der Waals surface area (Å²) in [7, 11) is 0. The maximum absolute atomic E-state index is 12.4. The van der Waals surface area contributed by atoms with E-state index in [2.05, 4.69) is 31.3 Å². The van der Waals surface area contributed by atoms with Gasteiger partial charge in [0.2, 0.25) is 0 Å². The third-order valence-corrected chi connectivity index (χ3v) is 4.14. The van der Waals surface area contributed by atoms with Gasteiger partial charge in [-0.15, -0.1) is 0 Å². The van der Waals surface area contributed by atoms with E-state index < -0.39 is 0 Å². The molecule has 2 rings (SSSR count). The van der Waals surface area contributed by atoms with Crippen molar-refractivity contribution >= 4 is 11.6 Å². The van der Waals surface area contributed by atoms with E-state index in [-0.39, 0.29) is 5.91 Å². The SMILES string of the molecule is CCC(C)c1ccc(NC(=O)c2c(C)oc(C)c2C)cc1. The fourth-order valence-corrected chi connectivity index (χ4v) is 2.45. The Morgan fingerprint density at radius 2 is 1.76 bits per heavy atom. The molecule has 3 heteroatoms. The van der Waals surface area contributed by atoms with E-state index in [4.69, 9.17) is 4.42 Å². The van der Waals surface area contributed by atoms with Crippen molar-refractivity contribution < 1.29 is 9.21 Å². The lowest BCUT2D eigenvalue weighted by atomic mass is 9.98. The van der Waals surface area contributed by atoms with E-state index in [1.807, 2.05) is 32.9 Å². The lowest BCUT2D eigenvalue weighted by molar-refractivity contribution is 0.102. The van der Waals surface area contributed by atoms with Crippen molar-refractivity contribution in [3.63, 3.8) is 0 Å². The second-order valence-electron chi connectivity index (χ2n) is 5.60. The van der Waals surface area contributed by atoms with Crippen molar-refractivity contribution in [2.45, 2.75) is 47.0 Å². The highest BCUT2D eigenvalue weighted by atomic mass is 16.3. The average Bonchev–Trinajstić information content (AvgIpc) is 2.72. The first-order valence-corrected chi connectivity index (χ1v) is 7.42. The van der Waals surface area contributed by atoms with E-state index in [9.17, 15) is 4.79 Å². The highest BCUT2D eigenvalue weighted by molar-refractivity contribution is 6.06. The van der Waals surface area contributed by atoms with Gasteiger partial charge in [-0.1, -0.05) is 26.0 Å². The number of carbonyl (C=O) groups excluding carboxylic acids is 1. The second kappa shape index (κ2) is 6.17. The zero-order chi connectivity index (χ0) is 15.6. The van der Waals surface area contributed by atoms with E-state index >= 15 is 0 Å². The molecule has 0 aliphatic heterocycles. The summed E-state index contributed by atoms with van der Waals surface area (Å²) >= 11 is 0. The highest BCUT2D eigenvalue weighted by Crippen LogP contribution is 2.23. The predicted octanol–water partition coefficient (Wildman–Crippen LogP) is 4.97. The fourth-order valence-electron chi connectivity index (χ4n) is 2.45. The summed E-state index contributed by atoms with van der Waals surface area (Å²) in [6.45, 7) is 9.98. The monoisotopic (exact) mass is 285 g/mol. The molecule has 0 saturated carbocycles. The molecule has 0 bridgehead atoms. The van der Waals surface area contributed by atoms with Gasteiger partial charge in [0.05, 0.1) is 5.56 Å². The molecule has 1 atom stereocenters. The molecule has 1 unspecified atom stereocenters. The molecule has 0 radical (unpaired) electrons. The van der Waals surface area contributed by atoms with Crippen molar-refractivity contribution in [1.29, 1.82) is 0 Å². The number of benzene rings is 1. The first-order chi connectivity index (χ1) is 9.93. The molecule has 0 aliphatic carbocycles. The molecular formula is C18H23NO2. The molecule has 1 heterocycles. The van der Waals surface area contributed by atoms with Crippen molar-refractivity contribution in [2.75, 3.05) is 5.32 Å². The maximum Gasteiger partial charge on any atom is 0.259 e. The van der Waals surface area contributed by atoms with E-state index in [1.165, 1.54) is 5.56 Å². The number of nitrogens with one attached hydrogen (secondary N) is 1. The number of aryl methyl sites for hydroxylation is 2. The van der Waals surface area contributed by atoms with Crippen molar-refractivity contribution in [2.24, 2.45) is 0 Å². The summed E-state index contributed by atoms with van der Waals surface area (Å²) in [4.78, 5) is 12.4. The van der Waals surface area contributed by atoms with Gasteiger partial charge in [-0.2, -0.15) is 0 Å². The summed E-state index contributed by atoms with van der Waals surface area (Å²) in [6.07, 6.45) is 1.11. The molecule has 0 saturated heterocycles. The lowest BCUT2D eigenvalue weighted by Gasteiger charge is -2.10. The Morgan fingerprint density at radius 3 is 2.24 bits per heavy atom. The molecule has 1 amide bonds. The van der Waals surface area contributed by atoms with E-state index in [0.717, 1.165) is 23.4 Å². The van der Waals surface area contributed by atoms with Crippen molar-refractivity contribution in [3.8, 4) is 0 Å². The largest absolute Gasteiger partial charge is 0.466 e. The number of rotatable bonds is 4. The molecule has 21 heavy (non-hydrogen) atoms.